The summed E-state index contributed by atoms with van der Waals surface area (Å²) in [5.41, 5.74) is 2.43. The number of nitrogens with zero attached hydrogens (tertiary/aromatic N) is 6. The van der Waals surface area contributed by atoms with Gasteiger partial charge in [0.15, 0.2) is 11.8 Å². The van der Waals surface area contributed by atoms with Crippen LogP contribution in [0.1, 0.15) is 22.8 Å². The maximum Gasteiger partial charge on any atom is 0.191 e. The molecule has 2 heterocycles. The van der Waals surface area contributed by atoms with Crippen molar-refractivity contribution in [2.24, 2.45) is 12.0 Å². The van der Waals surface area contributed by atoms with Crippen molar-refractivity contribution < 1.29 is 0 Å². The van der Waals surface area contributed by atoms with Crippen LogP contribution in [0, 0.1) is 6.92 Å². The fourth-order valence-corrected chi connectivity index (χ4v) is 2.62. The third-order valence-corrected chi connectivity index (χ3v) is 4.28. The molecule has 0 aliphatic heterocycles. The van der Waals surface area contributed by atoms with Crippen molar-refractivity contribution in [3.63, 3.8) is 0 Å². The second-order valence-electron chi connectivity index (χ2n) is 5.97. The molecular formula is C18H25IN8. The van der Waals surface area contributed by atoms with E-state index < -0.39 is 0 Å². The fourth-order valence-electron chi connectivity index (χ4n) is 2.62. The minimum atomic E-state index is 0. The van der Waals surface area contributed by atoms with E-state index in [-0.39, 0.29) is 24.0 Å². The Bertz CT molecular complexity index is 869. The minimum absolute atomic E-state index is 0. The zero-order chi connectivity index (χ0) is 18.4. The van der Waals surface area contributed by atoms with Gasteiger partial charge >= 0.3 is 0 Å². The summed E-state index contributed by atoms with van der Waals surface area (Å²) in [7, 11) is 3.71. The summed E-state index contributed by atoms with van der Waals surface area (Å²) in [6.45, 7) is 3.91. The van der Waals surface area contributed by atoms with Crippen molar-refractivity contribution in [2.75, 3.05) is 7.05 Å². The first-order valence-corrected chi connectivity index (χ1v) is 8.51. The molecule has 9 heteroatoms. The zero-order valence-corrected chi connectivity index (χ0v) is 18.1. The Morgan fingerprint density at radius 3 is 2.44 bits per heavy atom. The first kappa shape index (κ1) is 20.9. The molecule has 2 aromatic heterocycles. The summed E-state index contributed by atoms with van der Waals surface area (Å²) in [4.78, 5) is 4.28. The third-order valence-electron chi connectivity index (χ3n) is 4.28. The average Bonchev–Trinajstić information content (AvgIpc) is 3.28. The number of rotatable bonds is 6. The normalized spacial score (nSPS) is 11.1. The van der Waals surface area contributed by atoms with Gasteiger partial charge in [0.25, 0.3) is 0 Å². The van der Waals surface area contributed by atoms with E-state index in [1.807, 2.05) is 47.6 Å². The summed E-state index contributed by atoms with van der Waals surface area (Å²) in [5.74, 6) is 2.47. The summed E-state index contributed by atoms with van der Waals surface area (Å²) in [5, 5.41) is 19.1. The van der Waals surface area contributed by atoms with Gasteiger partial charge < -0.3 is 15.2 Å². The van der Waals surface area contributed by atoms with Gasteiger partial charge in [-0.25, -0.2) is 0 Å². The Balaban J connectivity index is 0.00000261. The number of aromatic nitrogens is 5. The van der Waals surface area contributed by atoms with Gasteiger partial charge in [-0.3, -0.25) is 9.67 Å². The fraction of sp³-hybridized carbons (Fsp3) is 0.333. The highest BCUT2D eigenvalue weighted by molar-refractivity contribution is 14.0. The molecule has 0 unspecified atom stereocenters. The van der Waals surface area contributed by atoms with Gasteiger partial charge in [0.2, 0.25) is 0 Å². The highest BCUT2D eigenvalue weighted by atomic mass is 127. The number of benzene rings is 1. The quantitative estimate of drug-likeness (QED) is 0.320. The molecule has 0 fully saturated rings. The minimum Gasteiger partial charge on any atom is -0.352 e. The van der Waals surface area contributed by atoms with Crippen molar-refractivity contribution in [3.05, 3.63) is 65.5 Å². The lowest BCUT2D eigenvalue weighted by Gasteiger charge is -2.14. The largest absolute Gasteiger partial charge is 0.352 e. The van der Waals surface area contributed by atoms with Gasteiger partial charge in [0.1, 0.15) is 5.82 Å². The first-order valence-electron chi connectivity index (χ1n) is 8.51. The Morgan fingerprint density at radius 1 is 1.07 bits per heavy atom. The smallest absolute Gasteiger partial charge is 0.191 e. The van der Waals surface area contributed by atoms with Crippen LogP contribution < -0.4 is 10.6 Å². The van der Waals surface area contributed by atoms with E-state index in [0.717, 1.165) is 24.2 Å². The van der Waals surface area contributed by atoms with Crippen LogP contribution in [0.25, 0.3) is 0 Å². The topological polar surface area (TPSA) is 84.9 Å². The number of nitrogens with one attached hydrogen (secondary N) is 2. The molecule has 2 N–H and O–H groups in total. The molecular weight excluding hydrogens is 455 g/mol. The number of hydrogen-bond donors (Lipinski definition) is 2. The SMILES string of the molecule is CN=C(NCc1ccccc1Cn1cccn1)NCc1nnc(C)n1C.I. The lowest BCUT2D eigenvalue weighted by Crippen LogP contribution is -2.37. The third kappa shape index (κ3) is 5.52. The molecule has 3 aromatic rings. The molecule has 0 amide bonds. The van der Waals surface area contributed by atoms with Gasteiger partial charge in [-0.15, -0.1) is 34.2 Å². The maximum absolute atomic E-state index is 4.28. The van der Waals surface area contributed by atoms with Crippen molar-refractivity contribution in [1.82, 2.24) is 35.2 Å². The molecule has 0 bridgehead atoms. The van der Waals surface area contributed by atoms with Crippen molar-refractivity contribution >= 4 is 29.9 Å². The molecule has 8 nitrogen and oxygen atoms in total. The molecule has 0 saturated carbocycles. The second-order valence-corrected chi connectivity index (χ2v) is 5.97. The molecule has 144 valence electrons. The van der Waals surface area contributed by atoms with Gasteiger partial charge in [-0.05, 0) is 24.1 Å². The van der Waals surface area contributed by atoms with Crippen LogP contribution >= 0.6 is 24.0 Å². The molecule has 3 rings (SSSR count). The highest BCUT2D eigenvalue weighted by Crippen LogP contribution is 2.10. The first-order chi connectivity index (χ1) is 12.7. The summed E-state index contributed by atoms with van der Waals surface area (Å²) < 4.78 is 3.88. The summed E-state index contributed by atoms with van der Waals surface area (Å²) >= 11 is 0. The lowest BCUT2D eigenvalue weighted by atomic mass is 10.1. The van der Waals surface area contributed by atoms with Crippen LogP contribution in [-0.2, 0) is 26.7 Å². The highest BCUT2D eigenvalue weighted by Gasteiger charge is 2.07. The average molecular weight is 480 g/mol. The van der Waals surface area contributed by atoms with E-state index in [1.54, 1.807) is 13.2 Å². The molecule has 0 saturated heterocycles. The number of aryl methyl sites for hydroxylation is 1. The Kier molecular flexibility index (Phi) is 7.77. The van der Waals surface area contributed by atoms with E-state index >= 15 is 0 Å². The van der Waals surface area contributed by atoms with Crippen LogP contribution in [0.4, 0.5) is 0 Å². The van der Waals surface area contributed by atoms with Crippen molar-refractivity contribution in [2.45, 2.75) is 26.6 Å². The van der Waals surface area contributed by atoms with Crippen LogP contribution in [0.5, 0.6) is 0 Å². The van der Waals surface area contributed by atoms with Gasteiger partial charge in [0.05, 0.1) is 13.1 Å². The lowest BCUT2D eigenvalue weighted by molar-refractivity contribution is 0.676. The predicted octanol–water partition coefficient (Wildman–Crippen LogP) is 1.85. The van der Waals surface area contributed by atoms with E-state index in [0.29, 0.717) is 13.1 Å². The molecule has 0 atom stereocenters. The van der Waals surface area contributed by atoms with Crippen molar-refractivity contribution in [3.8, 4) is 0 Å². The van der Waals surface area contributed by atoms with Crippen LogP contribution in [0.15, 0.2) is 47.7 Å². The summed E-state index contributed by atoms with van der Waals surface area (Å²) in [6.07, 6.45) is 3.76. The number of halogens is 1. The monoisotopic (exact) mass is 480 g/mol. The maximum atomic E-state index is 4.28. The molecule has 0 radical (unpaired) electrons. The van der Waals surface area contributed by atoms with Gasteiger partial charge in [-0.2, -0.15) is 5.10 Å². The predicted molar refractivity (Wildman–Crippen MR) is 116 cm³/mol. The Morgan fingerprint density at radius 2 is 1.81 bits per heavy atom. The van der Waals surface area contributed by atoms with Gasteiger partial charge in [0, 0.05) is 33.0 Å². The summed E-state index contributed by atoms with van der Waals surface area (Å²) in [6, 6.07) is 10.3. The molecule has 0 aliphatic carbocycles. The van der Waals surface area contributed by atoms with E-state index in [9.17, 15) is 0 Å². The van der Waals surface area contributed by atoms with Crippen molar-refractivity contribution in [1.29, 1.82) is 0 Å². The molecule has 1 aromatic carbocycles. The van der Waals surface area contributed by atoms with Crippen LogP contribution in [-0.4, -0.2) is 37.6 Å². The molecule has 0 aliphatic rings. The van der Waals surface area contributed by atoms with E-state index in [4.69, 9.17) is 0 Å². The standard InChI is InChI=1S/C18H24N8.HI/c1-14-23-24-17(25(14)3)12-21-18(19-2)20-11-15-7-4-5-8-16(15)13-26-10-6-9-22-26;/h4-10H,11-13H2,1-3H3,(H2,19,20,21);1H. The number of hydrogen-bond acceptors (Lipinski definition) is 4. The Labute approximate surface area is 176 Å². The van der Waals surface area contributed by atoms with E-state index in [2.05, 4.69) is 43.1 Å². The molecule has 0 spiro atoms. The zero-order valence-electron chi connectivity index (χ0n) is 15.8. The second kappa shape index (κ2) is 10.0. The van der Waals surface area contributed by atoms with Crippen LogP contribution in [0.2, 0.25) is 0 Å². The Hall–Kier alpha value is -2.43. The van der Waals surface area contributed by atoms with Crippen LogP contribution in [0.3, 0.4) is 0 Å². The molecule has 27 heavy (non-hydrogen) atoms. The number of guanidine groups is 1. The number of aliphatic imine (C=N–C) groups is 1. The van der Waals surface area contributed by atoms with E-state index in [1.165, 1.54) is 11.1 Å². The van der Waals surface area contributed by atoms with Gasteiger partial charge in [-0.1, -0.05) is 24.3 Å².